The summed E-state index contributed by atoms with van der Waals surface area (Å²) in [4.78, 5) is 0. The summed E-state index contributed by atoms with van der Waals surface area (Å²) in [6, 6.07) is 31.8. The van der Waals surface area contributed by atoms with Gasteiger partial charge >= 0.3 is 0 Å². The quantitative estimate of drug-likeness (QED) is 0.293. The number of hydrogen-bond donors (Lipinski definition) is 1. The third-order valence-electron chi connectivity index (χ3n) is 7.53. The van der Waals surface area contributed by atoms with Crippen molar-refractivity contribution in [3.05, 3.63) is 102 Å². The molecule has 2 nitrogen and oxygen atoms in total. The molecule has 0 amide bonds. The maximum Gasteiger partial charge on any atom is 0.261 e. The Labute approximate surface area is 231 Å². The van der Waals surface area contributed by atoms with E-state index in [1.54, 1.807) is 0 Å². The fourth-order valence-corrected chi connectivity index (χ4v) is 13.0. The summed E-state index contributed by atoms with van der Waals surface area (Å²) in [5.41, 5.74) is 2.22. The summed E-state index contributed by atoms with van der Waals surface area (Å²) in [5, 5.41) is 15.9. The lowest BCUT2D eigenvalue weighted by Gasteiger charge is -2.44. The first-order chi connectivity index (χ1) is 17.4. The van der Waals surface area contributed by atoms with E-state index in [1.807, 2.05) is 13.0 Å². The molecule has 0 spiro atoms. The van der Waals surface area contributed by atoms with Crippen LogP contribution in [0.2, 0.25) is 18.1 Å². The van der Waals surface area contributed by atoms with Gasteiger partial charge in [0.1, 0.15) is 8.07 Å². The zero-order chi connectivity index (χ0) is 27.3. The Morgan fingerprint density at radius 2 is 1.22 bits per heavy atom. The van der Waals surface area contributed by atoms with Crippen molar-refractivity contribution in [2.75, 3.05) is 6.61 Å². The zero-order valence-corrected chi connectivity index (χ0v) is 26.2. The molecule has 0 aliphatic rings. The molecular formula is C32H43ClO2Si2. The maximum absolute atomic E-state index is 11.4. The Hall–Kier alpha value is -1.96. The van der Waals surface area contributed by atoms with Gasteiger partial charge in [-0.3, -0.25) is 0 Å². The summed E-state index contributed by atoms with van der Waals surface area (Å²) in [6.07, 6.45) is -0.609. The Morgan fingerprint density at radius 3 is 1.62 bits per heavy atom. The summed E-state index contributed by atoms with van der Waals surface area (Å²) in [5.74, 6) is -0.254. The van der Waals surface area contributed by atoms with Gasteiger partial charge in [-0.15, -0.1) is 0 Å². The van der Waals surface area contributed by atoms with E-state index in [9.17, 15) is 5.11 Å². The minimum atomic E-state index is -2.65. The molecule has 3 rings (SSSR count). The first-order valence-electron chi connectivity index (χ1n) is 13.3. The van der Waals surface area contributed by atoms with Crippen LogP contribution in [0.25, 0.3) is 0 Å². The fraction of sp³-hybridized carbons (Fsp3) is 0.375. The van der Waals surface area contributed by atoms with Crippen LogP contribution in [0.4, 0.5) is 0 Å². The molecule has 0 heterocycles. The summed E-state index contributed by atoms with van der Waals surface area (Å²) in [7, 11) is -4.53. The molecule has 0 saturated carbocycles. The molecular weight excluding hydrogens is 508 g/mol. The van der Waals surface area contributed by atoms with Crippen molar-refractivity contribution >= 4 is 43.6 Å². The van der Waals surface area contributed by atoms with Gasteiger partial charge in [0.15, 0.2) is 0 Å². The SMILES string of the molecule is C[C@H](/C(Cl)=C\[Si](C)(C)c1ccccc1)[C@H](O)[C@@H](C)CO[Si](c1ccccc1)(c1ccccc1)C(C)(C)C. The van der Waals surface area contributed by atoms with Crippen LogP contribution in [0.3, 0.4) is 0 Å². The number of rotatable bonds is 10. The number of aliphatic hydroxyl groups is 1. The van der Waals surface area contributed by atoms with E-state index in [-0.39, 0.29) is 16.9 Å². The molecule has 37 heavy (non-hydrogen) atoms. The minimum absolute atomic E-state index is 0.0831. The predicted octanol–water partition coefficient (Wildman–Crippen LogP) is 6.47. The lowest BCUT2D eigenvalue weighted by atomic mass is 9.94. The van der Waals surface area contributed by atoms with E-state index >= 15 is 0 Å². The first-order valence-corrected chi connectivity index (χ1v) is 18.6. The average Bonchev–Trinajstić information content (AvgIpc) is 2.88. The van der Waals surface area contributed by atoms with E-state index in [4.69, 9.17) is 16.0 Å². The Morgan fingerprint density at radius 1 is 0.811 bits per heavy atom. The largest absolute Gasteiger partial charge is 0.407 e. The number of aliphatic hydroxyl groups excluding tert-OH is 1. The van der Waals surface area contributed by atoms with Crippen LogP contribution in [0.1, 0.15) is 34.6 Å². The lowest BCUT2D eigenvalue weighted by Crippen LogP contribution is -2.67. The highest BCUT2D eigenvalue weighted by atomic mass is 35.5. The molecule has 0 bridgehead atoms. The van der Waals surface area contributed by atoms with E-state index in [1.165, 1.54) is 15.6 Å². The van der Waals surface area contributed by atoms with Gasteiger partial charge in [-0.25, -0.2) is 0 Å². The molecule has 0 aromatic heterocycles. The van der Waals surface area contributed by atoms with Crippen LogP contribution in [-0.4, -0.2) is 34.2 Å². The molecule has 0 aliphatic carbocycles. The van der Waals surface area contributed by atoms with Gasteiger partial charge in [-0.2, -0.15) is 0 Å². The Kier molecular flexibility index (Phi) is 9.81. The van der Waals surface area contributed by atoms with Crippen molar-refractivity contribution in [2.24, 2.45) is 11.8 Å². The summed E-state index contributed by atoms with van der Waals surface area (Å²) < 4.78 is 7.07. The molecule has 3 atom stereocenters. The van der Waals surface area contributed by atoms with Gasteiger partial charge in [-0.05, 0) is 15.4 Å². The number of hydrogen-bond acceptors (Lipinski definition) is 2. The molecule has 0 radical (unpaired) electrons. The first kappa shape index (κ1) is 29.6. The van der Waals surface area contributed by atoms with Crippen molar-refractivity contribution in [1.29, 1.82) is 0 Å². The van der Waals surface area contributed by atoms with Crippen molar-refractivity contribution in [2.45, 2.75) is 58.9 Å². The average molecular weight is 551 g/mol. The highest BCUT2D eigenvalue weighted by Gasteiger charge is 2.50. The Bertz CT molecular complexity index is 1100. The molecule has 198 valence electrons. The van der Waals surface area contributed by atoms with Gasteiger partial charge in [0.25, 0.3) is 8.32 Å². The second-order valence-electron chi connectivity index (χ2n) is 11.8. The molecule has 5 heteroatoms. The molecule has 0 aliphatic heterocycles. The van der Waals surface area contributed by atoms with Crippen LogP contribution in [-0.2, 0) is 4.43 Å². The summed E-state index contributed by atoms with van der Waals surface area (Å²) >= 11 is 6.86. The van der Waals surface area contributed by atoms with Crippen LogP contribution in [0, 0.1) is 11.8 Å². The van der Waals surface area contributed by atoms with Crippen LogP contribution < -0.4 is 15.6 Å². The molecule has 0 fully saturated rings. The van der Waals surface area contributed by atoms with Gasteiger partial charge in [0.2, 0.25) is 0 Å². The highest BCUT2D eigenvalue weighted by Crippen LogP contribution is 2.37. The van der Waals surface area contributed by atoms with Crippen molar-refractivity contribution in [3.8, 4) is 0 Å². The number of halogens is 1. The van der Waals surface area contributed by atoms with Crippen LogP contribution in [0.15, 0.2) is 102 Å². The molecule has 0 unspecified atom stereocenters. The smallest absolute Gasteiger partial charge is 0.261 e. The summed E-state index contributed by atoms with van der Waals surface area (Å²) in [6.45, 7) is 16.0. The maximum atomic E-state index is 11.4. The third kappa shape index (κ3) is 6.73. The van der Waals surface area contributed by atoms with Gasteiger partial charge in [0, 0.05) is 23.5 Å². The number of benzene rings is 3. The van der Waals surface area contributed by atoms with Crippen LogP contribution in [0.5, 0.6) is 0 Å². The second-order valence-corrected chi connectivity index (χ2v) is 20.9. The molecule has 3 aromatic carbocycles. The fourth-order valence-electron chi connectivity index (χ4n) is 5.20. The van der Waals surface area contributed by atoms with Crippen LogP contribution >= 0.6 is 11.6 Å². The van der Waals surface area contributed by atoms with Crippen molar-refractivity contribution in [3.63, 3.8) is 0 Å². The topological polar surface area (TPSA) is 29.5 Å². The minimum Gasteiger partial charge on any atom is -0.407 e. The van der Waals surface area contributed by atoms with E-state index in [0.717, 1.165) is 5.03 Å². The standard InChI is InChI=1S/C32H43ClO2Si2/c1-25(31(34)26(2)30(33)24-36(6,7)27-17-11-8-12-18-27)23-35-37(32(3,4)5,28-19-13-9-14-20-28)29-21-15-10-16-22-29/h8-22,24-26,31,34H,23H2,1-7H3/b30-24+/t25-,26+,31+/m0/s1. The normalized spacial score (nSPS) is 15.8. The highest BCUT2D eigenvalue weighted by molar-refractivity contribution is 6.99. The molecule has 3 aromatic rings. The van der Waals surface area contributed by atoms with Gasteiger partial charge in [0.05, 0.1) is 6.10 Å². The van der Waals surface area contributed by atoms with E-state index < -0.39 is 22.5 Å². The van der Waals surface area contributed by atoms with Crippen molar-refractivity contribution in [1.82, 2.24) is 0 Å². The molecule has 1 N–H and O–H groups in total. The zero-order valence-electron chi connectivity index (χ0n) is 23.4. The van der Waals surface area contributed by atoms with Gasteiger partial charge in [-0.1, -0.05) is 161 Å². The molecule has 0 saturated heterocycles. The van der Waals surface area contributed by atoms with Gasteiger partial charge < -0.3 is 9.53 Å². The van der Waals surface area contributed by atoms with E-state index in [0.29, 0.717) is 6.61 Å². The Balaban J connectivity index is 1.86. The predicted molar refractivity (Wildman–Crippen MR) is 165 cm³/mol. The monoisotopic (exact) mass is 550 g/mol. The third-order valence-corrected chi connectivity index (χ3v) is 16.0. The second kappa shape index (κ2) is 12.3. The lowest BCUT2D eigenvalue weighted by molar-refractivity contribution is 0.0537. The van der Waals surface area contributed by atoms with E-state index in [2.05, 4.69) is 131 Å². The van der Waals surface area contributed by atoms with Crippen molar-refractivity contribution < 1.29 is 9.53 Å².